The minimum Gasteiger partial charge on any atom is -0.250 e. The molecule has 1 heterocycles. The Morgan fingerprint density at radius 1 is 1.20 bits per heavy atom. The molecular weight excluding hydrogens is 360 g/mol. The van der Waals surface area contributed by atoms with E-state index in [0.29, 0.717) is 17.9 Å². The quantitative estimate of drug-likeness (QED) is 0.757. The molecule has 0 amide bonds. The Bertz CT molecular complexity index is 625. The van der Waals surface area contributed by atoms with Crippen molar-refractivity contribution in [2.75, 3.05) is 11.9 Å². The molecule has 2 aromatic rings. The maximum Gasteiger partial charge on any atom is 0.240 e. The van der Waals surface area contributed by atoms with Crippen LogP contribution in [0.25, 0.3) is 0 Å². The summed E-state index contributed by atoms with van der Waals surface area (Å²) in [6.07, 6.45) is 1.49. The van der Waals surface area contributed by atoms with Crippen molar-refractivity contribution in [3.05, 3.63) is 46.4 Å². The molecule has 0 unspecified atom stereocenters. The summed E-state index contributed by atoms with van der Waals surface area (Å²) < 4.78 is 26.8. The van der Waals surface area contributed by atoms with Crippen LogP contribution in [0.15, 0.2) is 40.1 Å². The van der Waals surface area contributed by atoms with Gasteiger partial charge in [-0.05, 0) is 24.1 Å². The molecule has 4 nitrogen and oxygen atoms in total. The second-order valence-corrected chi connectivity index (χ2v) is 7.49. The molecule has 0 aliphatic carbocycles. The second-order valence-electron chi connectivity index (χ2n) is 4.21. The Morgan fingerprint density at radius 3 is 2.55 bits per heavy atom. The van der Waals surface area contributed by atoms with Crippen molar-refractivity contribution < 1.29 is 8.42 Å². The van der Waals surface area contributed by atoms with Crippen molar-refractivity contribution in [3.63, 3.8) is 0 Å². The molecule has 0 aliphatic heterocycles. The van der Waals surface area contributed by atoms with Crippen LogP contribution >= 0.6 is 27.3 Å². The molecule has 0 saturated carbocycles. The molecule has 0 radical (unpaired) electrons. The highest BCUT2D eigenvalue weighted by atomic mass is 79.9. The third kappa shape index (κ3) is 4.37. The van der Waals surface area contributed by atoms with Crippen LogP contribution in [0.3, 0.4) is 0 Å². The molecule has 0 atom stereocenters. The molecule has 1 aromatic carbocycles. The lowest BCUT2D eigenvalue weighted by atomic mass is 10.2. The SMILES string of the molecule is O=S(=O)(NCCc1cscn1)c1ccc(CCBr)cc1. The Morgan fingerprint density at radius 2 is 1.95 bits per heavy atom. The molecule has 0 bridgehead atoms. The lowest BCUT2D eigenvalue weighted by molar-refractivity contribution is 0.581. The highest BCUT2D eigenvalue weighted by Crippen LogP contribution is 2.11. The minimum absolute atomic E-state index is 0.300. The van der Waals surface area contributed by atoms with Crippen LogP contribution in [0.5, 0.6) is 0 Å². The summed E-state index contributed by atoms with van der Waals surface area (Å²) in [7, 11) is -3.43. The number of sulfonamides is 1. The summed E-state index contributed by atoms with van der Waals surface area (Å²) >= 11 is 4.87. The molecule has 0 fully saturated rings. The van der Waals surface area contributed by atoms with E-state index in [4.69, 9.17) is 0 Å². The first-order valence-electron chi connectivity index (χ1n) is 6.13. The lowest BCUT2D eigenvalue weighted by Crippen LogP contribution is -2.26. The molecule has 1 N–H and O–H groups in total. The number of thiazole rings is 1. The number of hydrogen-bond acceptors (Lipinski definition) is 4. The average molecular weight is 375 g/mol. The Balaban J connectivity index is 1.95. The van der Waals surface area contributed by atoms with Crippen LogP contribution in [-0.2, 0) is 22.9 Å². The van der Waals surface area contributed by atoms with Crippen molar-refractivity contribution in [3.8, 4) is 0 Å². The second kappa shape index (κ2) is 7.31. The molecule has 20 heavy (non-hydrogen) atoms. The van der Waals surface area contributed by atoms with Crippen molar-refractivity contribution in [2.24, 2.45) is 0 Å². The lowest BCUT2D eigenvalue weighted by Gasteiger charge is -2.06. The monoisotopic (exact) mass is 374 g/mol. The average Bonchev–Trinajstić information content (AvgIpc) is 2.93. The van der Waals surface area contributed by atoms with Gasteiger partial charge in [0.2, 0.25) is 10.0 Å². The number of aryl methyl sites for hydroxylation is 1. The molecule has 108 valence electrons. The van der Waals surface area contributed by atoms with Gasteiger partial charge in [0.05, 0.1) is 16.1 Å². The van der Waals surface area contributed by atoms with E-state index >= 15 is 0 Å². The van der Waals surface area contributed by atoms with E-state index in [0.717, 1.165) is 23.0 Å². The maximum absolute atomic E-state index is 12.1. The summed E-state index contributed by atoms with van der Waals surface area (Å²) in [5.41, 5.74) is 3.76. The fourth-order valence-corrected chi connectivity index (χ4v) is 3.78. The first kappa shape index (κ1) is 15.6. The van der Waals surface area contributed by atoms with Crippen LogP contribution in [0.2, 0.25) is 0 Å². The number of benzene rings is 1. The van der Waals surface area contributed by atoms with Gasteiger partial charge in [-0.3, -0.25) is 0 Å². The normalized spacial score (nSPS) is 11.7. The molecule has 0 spiro atoms. The summed E-state index contributed by atoms with van der Waals surface area (Å²) in [4.78, 5) is 4.42. The van der Waals surface area contributed by atoms with Gasteiger partial charge < -0.3 is 0 Å². The first-order valence-corrected chi connectivity index (χ1v) is 9.68. The van der Waals surface area contributed by atoms with E-state index in [2.05, 4.69) is 25.6 Å². The highest BCUT2D eigenvalue weighted by molar-refractivity contribution is 9.09. The molecular formula is C13H15BrN2O2S2. The van der Waals surface area contributed by atoms with Gasteiger partial charge >= 0.3 is 0 Å². The van der Waals surface area contributed by atoms with E-state index in [1.807, 2.05) is 17.5 Å². The number of nitrogens with zero attached hydrogens (tertiary/aromatic N) is 1. The van der Waals surface area contributed by atoms with Crippen molar-refractivity contribution in [2.45, 2.75) is 17.7 Å². The highest BCUT2D eigenvalue weighted by Gasteiger charge is 2.13. The third-order valence-electron chi connectivity index (χ3n) is 2.77. The summed E-state index contributed by atoms with van der Waals surface area (Å²) in [6.45, 7) is 0.356. The van der Waals surface area contributed by atoms with Gasteiger partial charge in [-0.2, -0.15) is 0 Å². The van der Waals surface area contributed by atoms with Crippen molar-refractivity contribution >= 4 is 37.3 Å². The van der Waals surface area contributed by atoms with Gasteiger partial charge in [0.25, 0.3) is 0 Å². The topological polar surface area (TPSA) is 59.1 Å². The van der Waals surface area contributed by atoms with Crippen LogP contribution in [0.4, 0.5) is 0 Å². The smallest absolute Gasteiger partial charge is 0.240 e. The van der Waals surface area contributed by atoms with Gasteiger partial charge in [-0.15, -0.1) is 11.3 Å². The van der Waals surface area contributed by atoms with Gasteiger partial charge in [-0.25, -0.2) is 18.1 Å². The number of rotatable bonds is 7. The van der Waals surface area contributed by atoms with Crippen LogP contribution in [0.1, 0.15) is 11.3 Å². The number of hydrogen-bond donors (Lipinski definition) is 1. The van der Waals surface area contributed by atoms with E-state index in [9.17, 15) is 8.42 Å². The van der Waals surface area contributed by atoms with E-state index in [-0.39, 0.29) is 0 Å². The fourth-order valence-electron chi connectivity index (χ4n) is 1.70. The van der Waals surface area contributed by atoms with Gasteiger partial charge in [0.15, 0.2) is 0 Å². The fraction of sp³-hybridized carbons (Fsp3) is 0.308. The molecule has 2 rings (SSSR count). The third-order valence-corrected chi connectivity index (χ3v) is 5.28. The standard InChI is InChI=1S/C13H15BrN2O2S2/c14-7-5-11-1-3-13(4-2-11)20(17,18)16-8-6-12-9-19-10-15-12/h1-4,9-10,16H,5-8H2. The van der Waals surface area contributed by atoms with E-state index in [1.165, 1.54) is 11.3 Å². The van der Waals surface area contributed by atoms with Crippen molar-refractivity contribution in [1.82, 2.24) is 9.71 Å². The zero-order chi connectivity index (χ0) is 14.4. The molecule has 1 aromatic heterocycles. The molecule has 0 aliphatic rings. The van der Waals surface area contributed by atoms with Crippen LogP contribution in [-0.4, -0.2) is 25.3 Å². The largest absolute Gasteiger partial charge is 0.250 e. The number of aromatic nitrogens is 1. The van der Waals surface area contributed by atoms with Gasteiger partial charge in [0, 0.05) is 23.7 Å². The van der Waals surface area contributed by atoms with Crippen LogP contribution < -0.4 is 4.72 Å². The predicted octanol–water partition coefficient (Wildman–Crippen LogP) is 2.60. The van der Waals surface area contributed by atoms with Gasteiger partial charge in [-0.1, -0.05) is 28.1 Å². The maximum atomic E-state index is 12.1. The van der Waals surface area contributed by atoms with E-state index < -0.39 is 10.0 Å². The minimum atomic E-state index is -3.43. The van der Waals surface area contributed by atoms with Gasteiger partial charge in [0.1, 0.15) is 0 Å². The Labute approximate surface area is 131 Å². The van der Waals surface area contributed by atoms with Crippen molar-refractivity contribution in [1.29, 1.82) is 0 Å². The predicted molar refractivity (Wildman–Crippen MR) is 84.9 cm³/mol. The van der Waals surface area contributed by atoms with Crippen LogP contribution in [0, 0.1) is 0 Å². The summed E-state index contributed by atoms with van der Waals surface area (Å²) in [5, 5.41) is 2.79. The number of alkyl halides is 1. The Kier molecular flexibility index (Phi) is 5.71. The molecule has 0 saturated heterocycles. The zero-order valence-electron chi connectivity index (χ0n) is 10.8. The number of nitrogens with one attached hydrogen (secondary N) is 1. The zero-order valence-corrected chi connectivity index (χ0v) is 14.0. The number of halogens is 1. The summed E-state index contributed by atoms with van der Waals surface area (Å²) in [6, 6.07) is 6.97. The Hall–Kier alpha value is -0.760. The first-order chi connectivity index (χ1) is 9.62. The molecule has 7 heteroatoms. The van der Waals surface area contributed by atoms with E-state index in [1.54, 1.807) is 17.6 Å². The summed E-state index contributed by atoms with van der Waals surface area (Å²) in [5.74, 6) is 0.